The third kappa shape index (κ3) is 9.55. The number of fused-ring (bicyclic) bond motifs is 1. The summed E-state index contributed by atoms with van der Waals surface area (Å²) in [6, 6.07) is 20.7. The highest BCUT2D eigenvalue weighted by Gasteiger charge is 2.50. The van der Waals surface area contributed by atoms with Crippen LogP contribution in [0.25, 0.3) is 11.0 Å². The highest BCUT2D eigenvalue weighted by Crippen LogP contribution is 2.53. The first-order valence-corrected chi connectivity index (χ1v) is 24.3. The summed E-state index contributed by atoms with van der Waals surface area (Å²) < 4.78 is 41.8. The molecule has 5 aromatic rings. The van der Waals surface area contributed by atoms with E-state index in [1.807, 2.05) is 6.07 Å². The zero-order valence-corrected chi connectivity index (χ0v) is 38.0. The third-order valence-corrected chi connectivity index (χ3v) is 15.5. The molecule has 2 aromatic carbocycles. The van der Waals surface area contributed by atoms with E-state index in [1.165, 1.54) is 23.4 Å². The lowest BCUT2D eigenvalue weighted by Gasteiger charge is -2.57. The van der Waals surface area contributed by atoms with Crippen molar-refractivity contribution in [3.05, 3.63) is 106 Å². The number of hydrogen-bond acceptors (Lipinski definition) is 13. The molecular formula is C48H58N8O8S. The molecule has 344 valence electrons. The molecule has 0 unspecified atom stereocenters. The van der Waals surface area contributed by atoms with E-state index in [0.29, 0.717) is 49.3 Å². The summed E-state index contributed by atoms with van der Waals surface area (Å²) in [5.74, 6) is -0.586. The van der Waals surface area contributed by atoms with E-state index in [1.54, 1.807) is 37.4 Å². The second-order valence-electron chi connectivity index (χ2n) is 19.1. The highest BCUT2D eigenvalue weighted by molar-refractivity contribution is 7.90. The number of carbonyl (C=O) groups is 1. The number of ether oxygens (including phenoxy) is 2. The number of sulfonamides is 1. The SMILES string of the molecule is CC(C)c1ccccc1[C@H]1COCCN1C1CC2(CCN(c3ccc(C(=O)NS(=O)(=O)c4ccc(NCC5CCC(C)(O)CC5)c([N+](=O)[O-])n4)c(Oc4cnc5[nH]ccc5c4)c3)CC2)C1. The fraction of sp³-hybridized carbons (Fsp3) is 0.479. The minimum atomic E-state index is -4.68. The monoisotopic (exact) mass is 906 g/mol. The predicted octanol–water partition coefficient (Wildman–Crippen LogP) is 8.08. The fourth-order valence-corrected chi connectivity index (χ4v) is 11.3. The molecule has 5 heterocycles. The van der Waals surface area contributed by atoms with Gasteiger partial charge >= 0.3 is 15.8 Å². The molecule has 2 saturated heterocycles. The molecule has 0 radical (unpaired) electrons. The molecule has 17 heteroatoms. The second-order valence-corrected chi connectivity index (χ2v) is 20.7. The molecule has 2 saturated carbocycles. The van der Waals surface area contributed by atoms with Crippen LogP contribution in [0.15, 0.2) is 84.1 Å². The van der Waals surface area contributed by atoms with Gasteiger partial charge in [0.2, 0.25) is 0 Å². The standard InChI is InChI=1S/C48H58N8O8S/c1-31(2)37-6-4-5-7-38(37)41-30-63-23-22-55(41)35-26-48(27-35)17-20-54(21-18-48)34-8-9-39(42(25-34)64-36-24-33-14-19-49-44(33)51-29-36)46(57)53-65(61,62)43-11-10-40(45(52-43)56(59)60)50-28-32-12-15-47(3,58)16-13-32/h4-11,14,19,24-25,29,31-32,35,41,50,58H,12-13,15-18,20-23,26-28,30H2,1-3H3,(H,49,51)(H,53,57)/t32?,41-,47?/m1/s1. The number of nitrogens with zero attached hydrogens (tertiary/aromatic N) is 5. The number of amides is 1. The van der Waals surface area contributed by atoms with Crippen molar-refractivity contribution in [2.24, 2.45) is 11.3 Å². The van der Waals surface area contributed by atoms with E-state index >= 15 is 0 Å². The van der Waals surface area contributed by atoms with E-state index in [0.717, 1.165) is 81.9 Å². The van der Waals surface area contributed by atoms with E-state index in [-0.39, 0.29) is 34.4 Å². The lowest BCUT2D eigenvalue weighted by molar-refractivity contribution is -0.389. The lowest BCUT2D eigenvalue weighted by Crippen LogP contribution is -2.58. The van der Waals surface area contributed by atoms with E-state index in [4.69, 9.17) is 9.47 Å². The number of nitrogens with one attached hydrogen (secondary N) is 3. The third-order valence-electron chi connectivity index (χ3n) is 14.2. The summed E-state index contributed by atoms with van der Waals surface area (Å²) in [7, 11) is -4.68. The van der Waals surface area contributed by atoms with E-state index in [2.05, 4.69) is 72.9 Å². The Bertz CT molecular complexity index is 2660. The van der Waals surface area contributed by atoms with Crippen molar-refractivity contribution in [2.45, 2.75) is 101 Å². The van der Waals surface area contributed by atoms with E-state index < -0.39 is 37.3 Å². The van der Waals surface area contributed by atoms with Gasteiger partial charge in [0, 0.05) is 61.6 Å². The van der Waals surface area contributed by atoms with Gasteiger partial charge in [-0.2, -0.15) is 8.42 Å². The summed E-state index contributed by atoms with van der Waals surface area (Å²) in [5, 5.41) is 25.6. The van der Waals surface area contributed by atoms with Gasteiger partial charge in [-0.25, -0.2) is 9.71 Å². The molecule has 3 aromatic heterocycles. The summed E-state index contributed by atoms with van der Waals surface area (Å²) in [4.78, 5) is 41.6. The summed E-state index contributed by atoms with van der Waals surface area (Å²) >= 11 is 0. The van der Waals surface area contributed by atoms with Crippen molar-refractivity contribution < 1.29 is 32.7 Å². The van der Waals surface area contributed by atoms with Crippen LogP contribution >= 0.6 is 0 Å². The van der Waals surface area contributed by atoms with Gasteiger partial charge in [-0.1, -0.05) is 38.1 Å². The van der Waals surface area contributed by atoms with Crippen molar-refractivity contribution in [1.29, 1.82) is 0 Å². The van der Waals surface area contributed by atoms with Crippen LogP contribution in [0.2, 0.25) is 0 Å². The number of carbonyl (C=O) groups excluding carboxylic acids is 1. The molecule has 2 aliphatic heterocycles. The van der Waals surface area contributed by atoms with Crippen LogP contribution in [0.3, 0.4) is 0 Å². The largest absolute Gasteiger partial charge is 0.455 e. The average Bonchev–Trinajstić information content (AvgIpc) is 3.76. The summed E-state index contributed by atoms with van der Waals surface area (Å²) in [6.07, 6.45) is 10.3. The van der Waals surface area contributed by atoms with Gasteiger partial charge < -0.3 is 39.9 Å². The lowest BCUT2D eigenvalue weighted by atomic mass is 9.59. The maximum atomic E-state index is 14.0. The maximum absolute atomic E-state index is 14.0. The second kappa shape index (κ2) is 18.0. The molecule has 1 amide bonds. The van der Waals surface area contributed by atoms with Crippen LogP contribution in [0.4, 0.5) is 17.2 Å². The highest BCUT2D eigenvalue weighted by atomic mass is 32.2. The number of benzene rings is 2. The number of hydrogen-bond donors (Lipinski definition) is 4. The van der Waals surface area contributed by atoms with Crippen molar-refractivity contribution in [3.8, 4) is 11.5 Å². The van der Waals surface area contributed by atoms with Crippen molar-refractivity contribution >= 4 is 44.2 Å². The quantitative estimate of drug-likeness (QED) is 0.0653. The van der Waals surface area contributed by atoms with Gasteiger partial charge in [0.05, 0.1) is 36.6 Å². The van der Waals surface area contributed by atoms with Crippen molar-refractivity contribution in [2.75, 3.05) is 49.6 Å². The Morgan fingerprint density at radius 3 is 2.57 bits per heavy atom. The van der Waals surface area contributed by atoms with Gasteiger partial charge in [0.25, 0.3) is 10.9 Å². The smallest absolute Gasteiger partial charge is 0.388 e. The Hall–Kier alpha value is -5.62. The number of H-pyrrole nitrogens is 1. The first kappa shape index (κ1) is 44.6. The Labute approximate surface area is 379 Å². The van der Waals surface area contributed by atoms with Crippen LogP contribution in [-0.2, 0) is 14.8 Å². The molecule has 2 aliphatic carbocycles. The van der Waals surface area contributed by atoms with Gasteiger partial charge in [-0.3, -0.25) is 9.69 Å². The molecule has 4 N–H and O–H groups in total. The zero-order chi connectivity index (χ0) is 45.5. The number of anilines is 2. The number of aromatic amines is 1. The maximum Gasteiger partial charge on any atom is 0.388 e. The molecule has 4 aliphatic rings. The number of rotatable bonds is 13. The molecular weight excluding hydrogens is 849 g/mol. The molecule has 1 spiro atoms. The molecule has 4 fully saturated rings. The van der Waals surface area contributed by atoms with Crippen LogP contribution < -0.4 is 19.7 Å². The van der Waals surface area contributed by atoms with Crippen LogP contribution in [0, 0.1) is 21.4 Å². The minimum Gasteiger partial charge on any atom is -0.455 e. The molecule has 16 nitrogen and oxygen atoms in total. The van der Waals surface area contributed by atoms with E-state index in [9.17, 15) is 28.4 Å². The number of aliphatic hydroxyl groups is 1. The predicted molar refractivity (Wildman–Crippen MR) is 247 cm³/mol. The van der Waals surface area contributed by atoms with Crippen LogP contribution in [-0.4, -0.2) is 95.2 Å². The number of pyridine rings is 2. The normalized spacial score (nSPS) is 22.8. The van der Waals surface area contributed by atoms with Crippen molar-refractivity contribution in [1.82, 2.24) is 24.6 Å². The Balaban J connectivity index is 0.898. The van der Waals surface area contributed by atoms with Gasteiger partial charge in [-0.05, 0) is 127 Å². The summed E-state index contributed by atoms with van der Waals surface area (Å²) in [5.41, 5.74) is 3.79. The van der Waals surface area contributed by atoms with Gasteiger partial charge in [0.15, 0.2) is 0 Å². The fourth-order valence-electron chi connectivity index (χ4n) is 10.4. The number of piperidine rings is 1. The molecule has 1 atom stereocenters. The van der Waals surface area contributed by atoms with Gasteiger partial charge in [-0.15, -0.1) is 0 Å². The number of nitro groups is 1. The first-order chi connectivity index (χ1) is 31.2. The Morgan fingerprint density at radius 2 is 1.82 bits per heavy atom. The number of morpholine rings is 1. The Morgan fingerprint density at radius 1 is 1.05 bits per heavy atom. The summed E-state index contributed by atoms with van der Waals surface area (Å²) in [6.45, 7) is 10.7. The molecule has 0 bridgehead atoms. The van der Waals surface area contributed by atoms with Gasteiger partial charge in [0.1, 0.15) is 22.8 Å². The Kier molecular flexibility index (Phi) is 12.3. The number of aromatic nitrogens is 3. The molecule has 65 heavy (non-hydrogen) atoms. The van der Waals surface area contributed by atoms with Crippen molar-refractivity contribution in [3.63, 3.8) is 0 Å². The topological polar surface area (TPSA) is 205 Å². The van der Waals surface area contributed by atoms with Crippen LogP contribution in [0.1, 0.15) is 106 Å². The van der Waals surface area contributed by atoms with Crippen LogP contribution in [0.5, 0.6) is 11.5 Å². The first-order valence-electron chi connectivity index (χ1n) is 22.8. The zero-order valence-electron chi connectivity index (χ0n) is 37.2. The average molecular weight is 907 g/mol. The molecule has 9 rings (SSSR count). The minimum absolute atomic E-state index is 0.0554.